The van der Waals surface area contributed by atoms with Gasteiger partial charge in [-0.25, -0.2) is 0 Å². The van der Waals surface area contributed by atoms with E-state index in [-0.39, 0.29) is 0 Å². The number of rotatable bonds is 4. The summed E-state index contributed by atoms with van der Waals surface area (Å²) in [6.07, 6.45) is 4.81. The normalized spacial score (nSPS) is 26.3. The molecule has 0 aliphatic carbocycles. The number of amidine groups is 1. The first-order valence-corrected chi connectivity index (χ1v) is 8.57. The van der Waals surface area contributed by atoms with Crippen molar-refractivity contribution >= 4 is 5.84 Å². The van der Waals surface area contributed by atoms with E-state index in [0.29, 0.717) is 23.6 Å². The molecule has 128 valence electrons. The number of likely N-dealkylation sites (tertiary alicyclic amines) is 1. The minimum atomic E-state index is 0.358. The van der Waals surface area contributed by atoms with Crippen LogP contribution in [0.2, 0.25) is 0 Å². The van der Waals surface area contributed by atoms with Crippen molar-refractivity contribution in [3.8, 4) is 0 Å². The van der Waals surface area contributed by atoms with Crippen molar-refractivity contribution in [1.82, 2.24) is 15.1 Å². The van der Waals surface area contributed by atoms with E-state index in [1.165, 1.54) is 5.56 Å². The Balaban J connectivity index is 1.71. The maximum atomic E-state index is 7.93. The standard InChI is InChI=1S/C19H27N5/c1-14-9-11-24(12-15-6-4-3-5-7-15)13-17(14)23(2)19(21)16-8-10-22-18(16)20/h3-8,10,14,17H,9,11-13,21H2,1-2H3,(H2,20,22)/b19-16+/t14-,17+/m1/s1. The van der Waals surface area contributed by atoms with Crippen LogP contribution < -0.4 is 11.1 Å². The van der Waals surface area contributed by atoms with Crippen LogP contribution in [-0.4, -0.2) is 41.8 Å². The lowest BCUT2D eigenvalue weighted by Gasteiger charge is -2.43. The zero-order valence-corrected chi connectivity index (χ0v) is 14.5. The lowest BCUT2D eigenvalue weighted by Crippen LogP contribution is -2.51. The zero-order valence-electron chi connectivity index (χ0n) is 14.5. The molecule has 1 saturated heterocycles. The van der Waals surface area contributed by atoms with Crippen LogP contribution >= 0.6 is 0 Å². The minimum absolute atomic E-state index is 0.358. The van der Waals surface area contributed by atoms with Crippen LogP contribution in [0.15, 0.2) is 54.0 Å². The monoisotopic (exact) mass is 325 g/mol. The van der Waals surface area contributed by atoms with Gasteiger partial charge < -0.3 is 16.0 Å². The van der Waals surface area contributed by atoms with E-state index in [1.807, 2.05) is 6.08 Å². The van der Waals surface area contributed by atoms with E-state index < -0.39 is 0 Å². The first-order chi connectivity index (χ1) is 11.6. The summed E-state index contributed by atoms with van der Waals surface area (Å²) in [5, 5.41) is 10.8. The second-order valence-corrected chi connectivity index (χ2v) is 6.82. The third-order valence-corrected chi connectivity index (χ3v) is 5.15. The highest BCUT2D eigenvalue weighted by atomic mass is 15.3. The molecule has 5 heteroatoms. The van der Waals surface area contributed by atoms with Crippen LogP contribution in [-0.2, 0) is 6.54 Å². The summed E-state index contributed by atoms with van der Waals surface area (Å²) < 4.78 is 0. The van der Waals surface area contributed by atoms with Crippen molar-refractivity contribution in [3.63, 3.8) is 0 Å². The van der Waals surface area contributed by atoms with Gasteiger partial charge in [-0.15, -0.1) is 0 Å². The maximum Gasteiger partial charge on any atom is 0.133 e. The number of nitrogens with two attached hydrogens (primary N) is 1. The van der Waals surface area contributed by atoms with E-state index in [4.69, 9.17) is 11.1 Å². The number of hydrogen-bond donors (Lipinski definition) is 3. The fourth-order valence-electron chi connectivity index (χ4n) is 3.56. The Hall–Kier alpha value is -2.27. The minimum Gasteiger partial charge on any atom is -0.385 e. The summed E-state index contributed by atoms with van der Waals surface area (Å²) in [5.41, 5.74) is 8.49. The van der Waals surface area contributed by atoms with E-state index in [9.17, 15) is 0 Å². The molecule has 1 aromatic carbocycles. The smallest absolute Gasteiger partial charge is 0.133 e. The summed E-state index contributed by atoms with van der Waals surface area (Å²) in [5.74, 6) is 1.64. The third kappa shape index (κ3) is 3.46. The Morgan fingerprint density at radius 2 is 2.12 bits per heavy atom. The molecule has 0 amide bonds. The Kier molecular flexibility index (Phi) is 4.90. The first-order valence-electron chi connectivity index (χ1n) is 8.57. The summed E-state index contributed by atoms with van der Waals surface area (Å²) in [6, 6.07) is 11.0. The van der Waals surface area contributed by atoms with Gasteiger partial charge in [-0.1, -0.05) is 37.3 Å². The van der Waals surface area contributed by atoms with E-state index in [2.05, 4.69) is 59.4 Å². The van der Waals surface area contributed by atoms with E-state index >= 15 is 0 Å². The molecule has 0 spiro atoms. The third-order valence-electron chi connectivity index (χ3n) is 5.15. The van der Waals surface area contributed by atoms with Gasteiger partial charge in [0, 0.05) is 32.4 Å². The van der Waals surface area contributed by atoms with Gasteiger partial charge >= 0.3 is 0 Å². The van der Waals surface area contributed by atoms with Crippen molar-refractivity contribution in [2.24, 2.45) is 11.7 Å². The van der Waals surface area contributed by atoms with Crippen molar-refractivity contribution in [3.05, 3.63) is 59.6 Å². The summed E-state index contributed by atoms with van der Waals surface area (Å²) in [7, 11) is 2.05. The molecular formula is C19H27N5. The van der Waals surface area contributed by atoms with Gasteiger partial charge in [0.2, 0.25) is 0 Å². The second kappa shape index (κ2) is 7.09. The van der Waals surface area contributed by atoms with Crippen molar-refractivity contribution in [2.45, 2.75) is 25.9 Å². The van der Waals surface area contributed by atoms with Gasteiger partial charge in [-0.3, -0.25) is 10.3 Å². The predicted octanol–water partition coefficient (Wildman–Crippen LogP) is 2.09. The molecule has 0 unspecified atom stereocenters. The molecular weight excluding hydrogens is 298 g/mol. The van der Waals surface area contributed by atoms with E-state index in [0.717, 1.165) is 31.6 Å². The van der Waals surface area contributed by atoms with Crippen LogP contribution in [0, 0.1) is 11.3 Å². The SMILES string of the molecule is C[C@@H]1CCN(Cc2ccccc2)C[C@@H]1N(C)/C(N)=C1\C=CNC1=N. The molecule has 0 aromatic heterocycles. The summed E-state index contributed by atoms with van der Waals surface area (Å²) >= 11 is 0. The Labute approximate surface area is 144 Å². The quantitative estimate of drug-likeness (QED) is 0.793. The molecule has 0 bridgehead atoms. The summed E-state index contributed by atoms with van der Waals surface area (Å²) in [4.78, 5) is 4.66. The fraction of sp³-hybridized carbons (Fsp3) is 0.421. The Morgan fingerprint density at radius 3 is 2.79 bits per heavy atom. The lowest BCUT2D eigenvalue weighted by atomic mass is 9.92. The summed E-state index contributed by atoms with van der Waals surface area (Å²) in [6.45, 7) is 5.39. The number of nitrogens with zero attached hydrogens (tertiary/aromatic N) is 2. The number of hydrogen-bond acceptors (Lipinski definition) is 4. The van der Waals surface area contributed by atoms with Gasteiger partial charge in [-0.05, 0) is 30.5 Å². The maximum absolute atomic E-state index is 7.93. The van der Waals surface area contributed by atoms with Gasteiger partial charge in [0.05, 0.1) is 5.57 Å². The van der Waals surface area contributed by atoms with Crippen LogP contribution in [0.1, 0.15) is 18.9 Å². The predicted molar refractivity (Wildman–Crippen MR) is 98.3 cm³/mol. The van der Waals surface area contributed by atoms with Crippen molar-refractivity contribution in [2.75, 3.05) is 20.1 Å². The number of likely N-dealkylation sites (N-methyl/N-ethyl adjacent to an activating group) is 1. The van der Waals surface area contributed by atoms with Gasteiger partial charge in [-0.2, -0.15) is 0 Å². The van der Waals surface area contributed by atoms with Crippen LogP contribution in [0.25, 0.3) is 0 Å². The molecule has 1 fully saturated rings. The highest BCUT2D eigenvalue weighted by Gasteiger charge is 2.30. The van der Waals surface area contributed by atoms with Crippen LogP contribution in [0.4, 0.5) is 0 Å². The van der Waals surface area contributed by atoms with Crippen molar-refractivity contribution in [1.29, 1.82) is 5.41 Å². The molecule has 0 radical (unpaired) electrons. The van der Waals surface area contributed by atoms with E-state index in [1.54, 1.807) is 6.20 Å². The van der Waals surface area contributed by atoms with Gasteiger partial charge in [0.15, 0.2) is 0 Å². The highest BCUT2D eigenvalue weighted by molar-refractivity contribution is 6.02. The molecule has 2 aliphatic heterocycles. The first kappa shape index (κ1) is 16.6. The second-order valence-electron chi connectivity index (χ2n) is 6.82. The number of nitrogens with one attached hydrogen (secondary N) is 2. The molecule has 2 heterocycles. The molecule has 1 aromatic rings. The highest BCUT2D eigenvalue weighted by Crippen LogP contribution is 2.25. The fourth-order valence-corrected chi connectivity index (χ4v) is 3.56. The number of piperidine rings is 1. The average Bonchev–Trinajstić information content (AvgIpc) is 3.02. The van der Waals surface area contributed by atoms with Gasteiger partial charge in [0.1, 0.15) is 11.7 Å². The van der Waals surface area contributed by atoms with Crippen LogP contribution in [0.5, 0.6) is 0 Å². The topological polar surface area (TPSA) is 68.4 Å². The Bertz CT molecular complexity index is 649. The Morgan fingerprint density at radius 1 is 1.38 bits per heavy atom. The zero-order chi connectivity index (χ0) is 17.1. The molecule has 5 nitrogen and oxygen atoms in total. The lowest BCUT2D eigenvalue weighted by molar-refractivity contribution is 0.0883. The molecule has 0 saturated carbocycles. The largest absolute Gasteiger partial charge is 0.385 e. The molecule has 4 N–H and O–H groups in total. The average molecular weight is 325 g/mol. The molecule has 24 heavy (non-hydrogen) atoms. The molecule has 2 atom stereocenters. The molecule has 2 aliphatic rings. The van der Waals surface area contributed by atoms with Crippen LogP contribution in [0.3, 0.4) is 0 Å². The number of benzene rings is 1. The van der Waals surface area contributed by atoms with Gasteiger partial charge in [0.25, 0.3) is 0 Å². The van der Waals surface area contributed by atoms with Crippen molar-refractivity contribution < 1.29 is 0 Å². The molecule has 3 rings (SSSR count).